The Hall–Kier alpha value is -4.29. The number of carbonyl (C=O) groups is 2. The van der Waals surface area contributed by atoms with E-state index in [-0.39, 0.29) is 11.8 Å². The fourth-order valence-electron chi connectivity index (χ4n) is 4.61. The molecule has 6 nitrogen and oxygen atoms in total. The summed E-state index contributed by atoms with van der Waals surface area (Å²) in [6.45, 7) is 0.454. The number of carbonyl (C=O) groups excluding carboxylic acids is 2. The predicted octanol–water partition coefficient (Wildman–Crippen LogP) is 6.36. The van der Waals surface area contributed by atoms with Crippen LogP contribution in [0.15, 0.2) is 84.9 Å². The van der Waals surface area contributed by atoms with Gasteiger partial charge in [-0.2, -0.15) is 0 Å². The van der Waals surface area contributed by atoms with Gasteiger partial charge in [-0.15, -0.1) is 0 Å². The van der Waals surface area contributed by atoms with Crippen LogP contribution in [-0.4, -0.2) is 26.0 Å². The van der Waals surface area contributed by atoms with Crippen LogP contribution in [0.5, 0.6) is 11.5 Å². The zero-order valence-electron chi connectivity index (χ0n) is 20.5. The molecule has 5 rings (SSSR count). The van der Waals surface area contributed by atoms with E-state index in [4.69, 9.17) is 21.1 Å². The smallest absolute Gasteiger partial charge is 0.263 e. The van der Waals surface area contributed by atoms with Crippen molar-refractivity contribution in [3.63, 3.8) is 0 Å². The highest BCUT2D eigenvalue weighted by molar-refractivity contribution is 6.30. The normalized spacial score (nSPS) is 12.1. The van der Waals surface area contributed by atoms with Crippen molar-refractivity contribution < 1.29 is 19.1 Å². The Morgan fingerprint density at radius 2 is 1.49 bits per heavy atom. The number of rotatable bonds is 5. The minimum atomic E-state index is -0.372. The molecule has 1 aliphatic heterocycles. The number of anilines is 2. The first-order valence-corrected chi connectivity index (χ1v) is 12.2. The van der Waals surface area contributed by atoms with Gasteiger partial charge >= 0.3 is 0 Å². The van der Waals surface area contributed by atoms with Crippen molar-refractivity contribution in [2.24, 2.45) is 0 Å². The van der Waals surface area contributed by atoms with Crippen molar-refractivity contribution in [3.8, 4) is 11.5 Å². The maximum absolute atomic E-state index is 13.7. The number of hydrogen-bond acceptors (Lipinski definition) is 4. The lowest BCUT2D eigenvalue weighted by Crippen LogP contribution is -2.30. The summed E-state index contributed by atoms with van der Waals surface area (Å²) in [6.07, 6.45) is 0.702. The molecule has 1 N–H and O–H groups in total. The molecule has 0 fully saturated rings. The topological polar surface area (TPSA) is 67.9 Å². The van der Waals surface area contributed by atoms with E-state index in [2.05, 4.69) is 11.4 Å². The molecule has 1 aliphatic rings. The molecule has 4 aromatic carbocycles. The summed E-state index contributed by atoms with van der Waals surface area (Å²) >= 11 is 6.29. The predicted molar refractivity (Wildman–Crippen MR) is 145 cm³/mol. The Bertz CT molecular complexity index is 1460. The van der Waals surface area contributed by atoms with Crippen LogP contribution in [0.4, 0.5) is 11.4 Å². The van der Waals surface area contributed by atoms with E-state index in [1.807, 2.05) is 30.3 Å². The molecule has 0 aliphatic carbocycles. The third-order valence-corrected chi connectivity index (χ3v) is 6.68. The van der Waals surface area contributed by atoms with E-state index < -0.39 is 0 Å². The highest BCUT2D eigenvalue weighted by atomic mass is 35.5. The average molecular weight is 513 g/mol. The largest absolute Gasteiger partial charge is 0.496 e. The number of nitrogens with zero attached hydrogens (tertiary/aromatic N) is 1. The molecule has 4 aromatic rings. The third-order valence-electron chi connectivity index (χ3n) is 6.45. The summed E-state index contributed by atoms with van der Waals surface area (Å²) < 4.78 is 10.7. The summed E-state index contributed by atoms with van der Waals surface area (Å²) in [4.78, 5) is 28.5. The number of hydrogen-bond donors (Lipinski definition) is 1. The average Bonchev–Trinajstić information content (AvgIpc) is 3.08. The third kappa shape index (κ3) is 4.88. The monoisotopic (exact) mass is 512 g/mol. The maximum Gasteiger partial charge on any atom is 0.263 e. The second-order valence-corrected chi connectivity index (χ2v) is 9.12. The van der Waals surface area contributed by atoms with Crippen LogP contribution in [0, 0.1) is 0 Å². The Morgan fingerprint density at radius 1 is 0.811 bits per heavy atom. The lowest BCUT2D eigenvalue weighted by Gasteiger charge is -2.24. The zero-order chi connectivity index (χ0) is 25.9. The van der Waals surface area contributed by atoms with Gasteiger partial charge in [0.1, 0.15) is 17.1 Å². The highest BCUT2D eigenvalue weighted by Crippen LogP contribution is 2.34. The fourth-order valence-corrected chi connectivity index (χ4v) is 4.80. The van der Waals surface area contributed by atoms with Gasteiger partial charge in [-0.3, -0.25) is 9.59 Å². The van der Waals surface area contributed by atoms with Crippen LogP contribution >= 0.6 is 11.6 Å². The van der Waals surface area contributed by atoms with Crippen molar-refractivity contribution in [2.45, 2.75) is 13.0 Å². The second kappa shape index (κ2) is 10.4. The quantitative estimate of drug-likeness (QED) is 0.338. The Morgan fingerprint density at radius 3 is 2.16 bits per heavy atom. The molecule has 2 amide bonds. The summed E-state index contributed by atoms with van der Waals surface area (Å²) in [5.74, 6) is 0.306. The van der Waals surface area contributed by atoms with E-state index in [0.29, 0.717) is 46.3 Å². The molecule has 0 radical (unpaired) electrons. The molecule has 7 heteroatoms. The van der Waals surface area contributed by atoms with E-state index in [1.54, 1.807) is 53.4 Å². The van der Waals surface area contributed by atoms with Crippen LogP contribution in [0.25, 0.3) is 0 Å². The number of halogens is 1. The SMILES string of the molecule is COc1cccc(OC)c1C(=O)Nc1ccc(C(=O)N2Cc3ccccc3Cc3cc(Cl)ccc32)cc1. The fraction of sp³-hybridized carbons (Fsp3) is 0.133. The van der Waals surface area contributed by atoms with Gasteiger partial charge in [-0.25, -0.2) is 0 Å². The van der Waals surface area contributed by atoms with Crippen molar-refractivity contribution >= 4 is 34.8 Å². The van der Waals surface area contributed by atoms with E-state index in [0.717, 1.165) is 16.8 Å². The van der Waals surface area contributed by atoms with Gasteiger partial charge in [0.2, 0.25) is 0 Å². The highest BCUT2D eigenvalue weighted by Gasteiger charge is 2.25. The first-order valence-electron chi connectivity index (χ1n) is 11.8. The molecule has 0 aromatic heterocycles. The lowest BCUT2D eigenvalue weighted by atomic mass is 10.0. The van der Waals surface area contributed by atoms with Crippen molar-refractivity contribution in [2.75, 3.05) is 24.4 Å². The molecular weight excluding hydrogens is 488 g/mol. The van der Waals surface area contributed by atoms with Crippen LogP contribution in [-0.2, 0) is 13.0 Å². The molecule has 0 spiro atoms. The van der Waals surface area contributed by atoms with Gasteiger partial charge < -0.3 is 19.7 Å². The lowest BCUT2D eigenvalue weighted by molar-refractivity contribution is 0.0983. The van der Waals surface area contributed by atoms with Gasteiger partial charge in [-0.1, -0.05) is 41.9 Å². The molecule has 186 valence electrons. The Balaban J connectivity index is 1.41. The first kappa shape index (κ1) is 24.4. The minimum Gasteiger partial charge on any atom is -0.496 e. The summed E-state index contributed by atoms with van der Waals surface area (Å²) in [6, 6.07) is 25.7. The number of ether oxygens (including phenoxy) is 2. The minimum absolute atomic E-state index is 0.135. The zero-order valence-corrected chi connectivity index (χ0v) is 21.2. The van der Waals surface area contributed by atoms with E-state index in [9.17, 15) is 9.59 Å². The molecule has 0 bridgehead atoms. The second-order valence-electron chi connectivity index (χ2n) is 8.68. The Kier molecular flexibility index (Phi) is 6.84. The van der Waals surface area contributed by atoms with E-state index in [1.165, 1.54) is 19.8 Å². The van der Waals surface area contributed by atoms with Crippen LogP contribution in [0.3, 0.4) is 0 Å². The number of benzene rings is 4. The van der Waals surface area contributed by atoms with Gasteiger partial charge in [0.25, 0.3) is 11.8 Å². The number of methoxy groups -OCH3 is 2. The van der Waals surface area contributed by atoms with Crippen molar-refractivity contribution in [1.82, 2.24) is 0 Å². The molecule has 0 saturated carbocycles. The molecule has 1 heterocycles. The maximum atomic E-state index is 13.7. The summed E-state index contributed by atoms with van der Waals surface area (Å²) in [5.41, 5.74) is 5.46. The van der Waals surface area contributed by atoms with Gasteiger partial charge in [0.05, 0.1) is 20.8 Å². The van der Waals surface area contributed by atoms with Crippen molar-refractivity contribution in [3.05, 3.63) is 118 Å². The molecule has 37 heavy (non-hydrogen) atoms. The number of fused-ring (bicyclic) bond motifs is 2. The first-order chi connectivity index (χ1) is 18.0. The van der Waals surface area contributed by atoms with Gasteiger partial charge in [0.15, 0.2) is 0 Å². The van der Waals surface area contributed by atoms with Crippen LogP contribution in [0.1, 0.15) is 37.4 Å². The van der Waals surface area contributed by atoms with Gasteiger partial charge in [0, 0.05) is 22.0 Å². The van der Waals surface area contributed by atoms with E-state index >= 15 is 0 Å². The molecular formula is C30H25ClN2O4. The summed E-state index contributed by atoms with van der Waals surface area (Å²) in [5, 5.41) is 3.50. The molecule has 0 atom stereocenters. The standard InChI is InChI=1S/C30H25ClN2O4/c1-36-26-8-5-9-27(37-2)28(26)29(34)32-24-13-10-19(11-14-24)30(35)33-18-21-7-4-3-6-20(21)16-22-17-23(31)12-15-25(22)33/h3-15,17H,16,18H2,1-2H3,(H,32,34). The molecule has 0 saturated heterocycles. The van der Waals surface area contributed by atoms with Crippen molar-refractivity contribution in [1.29, 1.82) is 0 Å². The number of nitrogens with one attached hydrogen (secondary N) is 1. The van der Waals surface area contributed by atoms with Crippen LogP contribution < -0.4 is 19.7 Å². The van der Waals surface area contributed by atoms with Crippen LogP contribution in [0.2, 0.25) is 5.02 Å². The Labute approximate surface area is 220 Å². The molecule has 0 unspecified atom stereocenters. The number of amides is 2. The van der Waals surface area contributed by atoms with Gasteiger partial charge in [-0.05, 0) is 77.7 Å². The summed E-state index contributed by atoms with van der Waals surface area (Å²) in [7, 11) is 3.00.